The molecule has 5 rings (SSSR count). The smallest absolute Gasteiger partial charge is 0.228 e. The zero-order valence-electron chi connectivity index (χ0n) is 18.5. The number of nitrogens with zero attached hydrogens (tertiary/aromatic N) is 4. The van der Waals surface area contributed by atoms with Gasteiger partial charge in [-0.1, -0.05) is 0 Å². The van der Waals surface area contributed by atoms with E-state index in [9.17, 15) is 4.79 Å². The molecule has 3 saturated heterocycles. The number of rotatable bonds is 4. The lowest BCUT2D eigenvalue weighted by molar-refractivity contribution is -0.141. The third kappa shape index (κ3) is 4.43. The van der Waals surface area contributed by atoms with Crippen LogP contribution in [0, 0.1) is 11.3 Å². The van der Waals surface area contributed by atoms with Gasteiger partial charge in [-0.05, 0) is 63.1 Å². The molecule has 4 aliphatic rings. The van der Waals surface area contributed by atoms with Crippen molar-refractivity contribution >= 4 is 11.7 Å². The van der Waals surface area contributed by atoms with E-state index in [2.05, 4.69) is 30.6 Å². The van der Waals surface area contributed by atoms with E-state index in [0.717, 1.165) is 96.8 Å². The van der Waals surface area contributed by atoms with Gasteiger partial charge in [0.15, 0.2) is 5.82 Å². The largest absolute Gasteiger partial charge is 0.379 e. The predicted molar refractivity (Wildman–Crippen MR) is 119 cm³/mol. The Balaban J connectivity index is 1.19. The molecule has 3 aliphatic heterocycles. The maximum absolute atomic E-state index is 13.6. The Morgan fingerprint density at radius 2 is 2.00 bits per heavy atom. The molecule has 2 N–H and O–H groups in total. The monoisotopic (exact) mass is 428 g/mol. The molecule has 1 aliphatic carbocycles. The Labute approximate surface area is 185 Å². The van der Waals surface area contributed by atoms with Gasteiger partial charge in [-0.25, -0.2) is 0 Å². The highest BCUT2D eigenvalue weighted by Crippen LogP contribution is 2.46. The Morgan fingerprint density at radius 3 is 2.77 bits per heavy atom. The van der Waals surface area contributed by atoms with E-state index in [-0.39, 0.29) is 11.5 Å². The minimum atomic E-state index is -0.233. The molecule has 0 bridgehead atoms. The van der Waals surface area contributed by atoms with Crippen LogP contribution < -0.4 is 15.5 Å². The number of aromatic nitrogens is 2. The van der Waals surface area contributed by atoms with Gasteiger partial charge in [-0.2, -0.15) is 5.10 Å². The molecule has 1 aromatic rings. The molecule has 0 radical (unpaired) electrons. The molecule has 8 nitrogen and oxygen atoms in total. The molecule has 0 aromatic carbocycles. The molecule has 8 heteroatoms. The van der Waals surface area contributed by atoms with Crippen molar-refractivity contribution < 1.29 is 9.53 Å². The van der Waals surface area contributed by atoms with E-state index in [1.54, 1.807) is 6.20 Å². The summed E-state index contributed by atoms with van der Waals surface area (Å²) in [6.07, 6.45) is 8.02. The fourth-order valence-corrected chi connectivity index (χ4v) is 6.21. The van der Waals surface area contributed by atoms with Crippen LogP contribution in [-0.4, -0.2) is 85.6 Å². The quantitative estimate of drug-likeness (QED) is 0.742. The number of anilines is 1. The number of hydrogen-bond acceptors (Lipinski definition) is 7. The lowest BCUT2D eigenvalue weighted by Gasteiger charge is -2.51. The molecule has 4 fully saturated rings. The van der Waals surface area contributed by atoms with Crippen molar-refractivity contribution in [2.45, 2.75) is 50.6 Å². The van der Waals surface area contributed by atoms with Gasteiger partial charge in [0, 0.05) is 51.0 Å². The van der Waals surface area contributed by atoms with Gasteiger partial charge in [0.2, 0.25) is 5.91 Å². The summed E-state index contributed by atoms with van der Waals surface area (Å²) in [6, 6.07) is 4.81. The number of hydrogen-bond donors (Lipinski definition) is 2. The normalized spacial score (nSPS) is 33.0. The van der Waals surface area contributed by atoms with Gasteiger partial charge >= 0.3 is 0 Å². The summed E-state index contributed by atoms with van der Waals surface area (Å²) >= 11 is 0. The Bertz CT molecular complexity index is 735. The second kappa shape index (κ2) is 9.38. The first kappa shape index (κ1) is 21.1. The number of carbonyl (C=O) groups excluding carboxylic acids is 1. The summed E-state index contributed by atoms with van der Waals surface area (Å²) in [7, 11) is 0. The van der Waals surface area contributed by atoms with E-state index < -0.39 is 0 Å². The fourth-order valence-electron chi connectivity index (χ4n) is 6.21. The summed E-state index contributed by atoms with van der Waals surface area (Å²) in [4.78, 5) is 18.5. The van der Waals surface area contributed by atoms with Crippen molar-refractivity contribution in [3.8, 4) is 0 Å². The van der Waals surface area contributed by atoms with E-state index in [1.807, 2.05) is 12.1 Å². The van der Waals surface area contributed by atoms with Crippen LogP contribution in [0.15, 0.2) is 18.3 Å². The Morgan fingerprint density at radius 1 is 1.16 bits per heavy atom. The number of amides is 1. The van der Waals surface area contributed by atoms with E-state index in [0.29, 0.717) is 17.9 Å². The summed E-state index contributed by atoms with van der Waals surface area (Å²) < 4.78 is 5.55. The molecule has 1 saturated carbocycles. The van der Waals surface area contributed by atoms with Crippen LogP contribution in [0.5, 0.6) is 0 Å². The minimum Gasteiger partial charge on any atom is -0.379 e. The van der Waals surface area contributed by atoms with Crippen molar-refractivity contribution in [2.24, 2.45) is 11.3 Å². The summed E-state index contributed by atoms with van der Waals surface area (Å²) in [5.41, 5.74) is -0.233. The Hall–Kier alpha value is -1.77. The number of morpholine rings is 1. The first-order chi connectivity index (χ1) is 15.2. The molecular weight excluding hydrogens is 392 g/mol. The van der Waals surface area contributed by atoms with Crippen molar-refractivity contribution in [1.82, 2.24) is 25.7 Å². The summed E-state index contributed by atoms with van der Waals surface area (Å²) in [5, 5.41) is 15.2. The highest BCUT2D eigenvalue weighted by molar-refractivity contribution is 5.84. The lowest BCUT2D eigenvalue weighted by atomic mass is 9.61. The van der Waals surface area contributed by atoms with Crippen molar-refractivity contribution in [2.75, 3.05) is 57.4 Å². The standard InChI is InChI=1S/C23H36N6O2/c30-22(26-19-5-10-29(11-6-19)21-2-1-8-25-27-21)23-7-3-20(28-12-14-31-15-13-28)16-18(23)4-9-24-17-23/h1-2,8,18-20,24H,3-7,9-17H2,(H,26,30)/t18-,20-,23-/m1/s1. The van der Waals surface area contributed by atoms with Crippen LogP contribution in [-0.2, 0) is 9.53 Å². The highest BCUT2D eigenvalue weighted by atomic mass is 16.5. The number of nitrogens with one attached hydrogen (secondary N) is 2. The van der Waals surface area contributed by atoms with Crippen LogP contribution >= 0.6 is 0 Å². The van der Waals surface area contributed by atoms with E-state index in [1.165, 1.54) is 0 Å². The van der Waals surface area contributed by atoms with Gasteiger partial charge < -0.3 is 20.3 Å². The minimum absolute atomic E-state index is 0.233. The van der Waals surface area contributed by atoms with Crippen LogP contribution in [0.25, 0.3) is 0 Å². The maximum atomic E-state index is 13.6. The van der Waals surface area contributed by atoms with Crippen LogP contribution in [0.1, 0.15) is 38.5 Å². The summed E-state index contributed by atoms with van der Waals surface area (Å²) in [5.74, 6) is 1.71. The average molecular weight is 429 g/mol. The second-order valence-corrected chi connectivity index (χ2v) is 9.71. The number of piperidine rings is 2. The fraction of sp³-hybridized carbons (Fsp3) is 0.783. The summed E-state index contributed by atoms with van der Waals surface area (Å²) in [6.45, 7) is 7.47. The van der Waals surface area contributed by atoms with E-state index >= 15 is 0 Å². The van der Waals surface area contributed by atoms with Crippen molar-refractivity contribution in [1.29, 1.82) is 0 Å². The zero-order valence-corrected chi connectivity index (χ0v) is 18.5. The van der Waals surface area contributed by atoms with Crippen LogP contribution in [0.2, 0.25) is 0 Å². The van der Waals surface area contributed by atoms with Gasteiger partial charge in [0.1, 0.15) is 0 Å². The molecule has 1 amide bonds. The third-order valence-corrected chi connectivity index (χ3v) is 8.10. The van der Waals surface area contributed by atoms with Crippen molar-refractivity contribution in [3.63, 3.8) is 0 Å². The average Bonchev–Trinajstić information content (AvgIpc) is 2.85. The second-order valence-electron chi connectivity index (χ2n) is 9.71. The van der Waals surface area contributed by atoms with Crippen LogP contribution in [0.4, 0.5) is 5.82 Å². The first-order valence-electron chi connectivity index (χ1n) is 12.1. The molecule has 0 spiro atoms. The maximum Gasteiger partial charge on any atom is 0.228 e. The van der Waals surface area contributed by atoms with E-state index in [4.69, 9.17) is 4.74 Å². The molecule has 31 heavy (non-hydrogen) atoms. The number of ether oxygens (including phenoxy) is 1. The molecule has 170 valence electrons. The van der Waals surface area contributed by atoms with Gasteiger partial charge in [-0.15, -0.1) is 5.10 Å². The van der Waals surface area contributed by atoms with Gasteiger partial charge in [-0.3, -0.25) is 9.69 Å². The first-order valence-corrected chi connectivity index (χ1v) is 12.1. The van der Waals surface area contributed by atoms with Gasteiger partial charge in [0.25, 0.3) is 0 Å². The predicted octanol–water partition coefficient (Wildman–Crippen LogP) is 1.04. The highest BCUT2D eigenvalue weighted by Gasteiger charge is 2.51. The molecule has 3 atom stereocenters. The number of fused-ring (bicyclic) bond motifs is 1. The molecule has 1 aromatic heterocycles. The third-order valence-electron chi connectivity index (χ3n) is 8.10. The van der Waals surface area contributed by atoms with Gasteiger partial charge in [0.05, 0.1) is 18.6 Å². The molecule has 0 unspecified atom stereocenters. The molecular formula is C23H36N6O2. The zero-order chi connectivity index (χ0) is 21.1. The van der Waals surface area contributed by atoms with Crippen LogP contribution in [0.3, 0.4) is 0 Å². The lowest BCUT2D eigenvalue weighted by Crippen LogP contribution is -2.61. The Kier molecular flexibility index (Phi) is 6.39. The van der Waals surface area contributed by atoms with Crippen molar-refractivity contribution in [3.05, 3.63) is 18.3 Å². The SMILES string of the molecule is O=C(NC1CCN(c2cccnn2)CC1)[C@@]12CC[C@@H](N3CCOCC3)C[C@H]1CCNC2. The topological polar surface area (TPSA) is 82.6 Å². The number of carbonyl (C=O) groups is 1. The molecule has 4 heterocycles.